The van der Waals surface area contributed by atoms with Crippen molar-refractivity contribution < 1.29 is 4.79 Å². The monoisotopic (exact) mass is 343 g/mol. The minimum absolute atomic E-state index is 0.0547. The van der Waals surface area contributed by atoms with E-state index >= 15 is 0 Å². The van der Waals surface area contributed by atoms with Crippen LogP contribution in [-0.4, -0.2) is 46.1 Å². The van der Waals surface area contributed by atoms with E-state index in [9.17, 15) is 4.79 Å². The number of carbonyl (C=O) groups is 1. The quantitative estimate of drug-likeness (QED) is 0.903. The number of carbonyl (C=O) groups excluding carboxylic acids is 1. The summed E-state index contributed by atoms with van der Waals surface area (Å²) in [6, 6.07) is 12.3. The fraction of sp³-hybridized carbons (Fsp3) is 0.474. The number of likely N-dealkylation sites (tertiary alicyclic amines) is 1. The Kier molecular flexibility index (Phi) is 5.61. The maximum Gasteiger partial charge on any atom is 0.230 e. The molecule has 0 aliphatic carbocycles. The van der Waals surface area contributed by atoms with Gasteiger partial charge < -0.3 is 4.90 Å². The zero-order chi connectivity index (χ0) is 16.9. The first-order chi connectivity index (χ1) is 11.7. The van der Waals surface area contributed by atoms with Gasteiger partial charge in [0, 0.05) is 30.5 Å². The van der Waals surface area contributed by atoms with Gasteiger partial charge in [0.05, 0.1) is 11.6 Å². The third-order valence-corrected chi connectivity index (χ3v) is 5.38. The van der Waals surface area contributed by atoms with E-state index in [1.165, 1.54) is 0 Å². The van der Waals surface area contributed by atoms with Crippen LogP contribution in [0.2, 0.25) is 0 Å². The van der Waals surface area contributed by atoms with Gasteiger partial charge in [0.15, 0.2) is 0 Å². The maximum absolute atomic E-state index is 13.2. The molecule has 24 heavy (non-hydrogen) atoms. The number of H-pyrrole nitrogens is 1. The number of hydrogen-bond donors (Lipinski definition) is 1. The lowest BCUT2D eigenvalue weighted by Crippen LogP contribution is -2.42. The molecule has 1 aliphatic heterocycles. The molecule has 1 aromatic heterocycles. The second-order valence-electron chi connectivity index (χ2n) is 6.52. The van der Waals surface area contributed by atoms with Crippen LogP contribution in [0.1, 0.15) is 41.6 Å². The summed E-state index contributed by atoms with van der Waals surface area (Å²) in [7, 11) is 0. The molecule has 1 amide bonds. The zero-order valence-corrected chi connectivity index (χ0v) is 15.2. The second-order valence-corrected chi connectivity index (χ2v) is 7.43. The summed E-state index contributed by atoms with van der Waals surface area (Å²) in [6.07, 6.45) is 4.21. The summed E-state index contributed by atoms with van der Waals surface area (Å²) in [6.45, 7) is 3.66. The molecule has 2 aromatic rings. The number of hydrogen-bond acceptors (Lipinski definition) is 3. The fourth-order valence-electron chi connectivity index (χ4n) is 3.45. The molecular weight excluding hydrogens is 318 g/mol. The largest absolute Gasteiger partial charge is 0.341 e. The Hall–Kier alpha value is -1.75. The molecule has 0 unspecified atom stereocenters. The minimum atomic E-state index is -0.0547. The average molecular weight is 343 g/mol. The van der Waals surface area contributed by atoms with Crippen molar-refractivity contribution in [3.63, 3.8) is 0 Å². The Labute approximate surface area is 148 Å². The van der Waals surface area contributed by atoms with Gasteiger partial charge in [-0.3, -0.25) is 9.89 Å². The molecule has 0 saturated carbocycles. The number of thioether (sulfide) groups is 1. The average Bonchev–Trinajstić information content (AvgIpc) is 3.06. The highest BCUT2D eigenvalue weighted by atomic mass is 32.2. The second kappa shape index (κ2) is 7.88. The van der Waals surface area contributed by atoms with E-state index in [2.05, 4.69) is 34.7 Å². The smallest absolute Gasteiger partial charge is 0.230 e. The Morgan fingerprint density at radius 2 is 2.21 bits per heavy atom. The van der Waals surface area contributed by atoms with Crippen molar-refractivity contribution in [2.75, 3.05) is 25.1 Å². The van der Waals surface area contributed by atoms with Crippen molar-refractivity contribution >= 4 is 17.7 Å². The summed E-state index contributed by atoms with van der Waals surface area (Å²) >= 11 is 1.73. The first-order valence-electron chi connectivity index (χ1n) is 8.53. The van der Waals surface area contributed by atoms with Gasteiger partial charge in [0.25, 0.3) is 0 Å². The van der Waals surface area contributed by atoms with Crippen LogP contribution in [0.3, 0.4) is 0 Å². The minimum Gasteiger partial charge on any atom is -0.341 e. The number of aromatic amines is 1. The van der Waals surface area contributed by atoms with Gasteiger partial charge in [-0.1, -0.05) is 30.3 Å². The van der Waals surface area contributed by atoms with Crippen LogP contribution >= 0.6 is 11.8 Å². The van der Waals surface area contributed by atoms with Crippen LogP contribution in [0, 0.1) is 6.92 Å². The molecule has 1 saturated heterocycles. The zero-order valence-electron chi connectivity index (χ0n) is 14.4. The first kappa shape index (κ1) is 17.1. The SMILES string of the molecule is CSC[C@@H](C(=O)N1CCC[C@H](c2cc(C)[nH]n2)C1)c1ccccc1. The van der Waals surface area contributed by atoms with E-state index in [0.29, 0.717) is 5.92 Å². The van der Waals surface area contributed by atoms with Crippen molar-refractivity contribution in [3.8, 4) is 0 Å². The first-order valence-corrected chi connectivity index (χ1v) is 9.93. The molecule has 5 heteroatoms. The molecule has 128 valence electrons. The van der Waals surface area contributed by atoms with Gasteiger partial charge in [-0.15, -0.1) is 0 Å². The highest BCUT2D eigenvalue weighted by Gasteiger charge is 2.30. The molecule has 2 atom stereocenters. The van der Waals surface area contributed by atoms with Crippen LogP contribution in [0.25, 0.3) is 0 Å². The molecule has 4 nitrogen and oxygen atoms in total. The normalized spacial score (nSPS) is 19.2. The number of rotatable bonds is 5. The number of amides is 1. The molecule has 1 aliphatic rings. The topological polar surface area (TPSA) is 49.0 Å². The fourth-order valence-corrected chi connectivity index (χ4v) is 4.12. The number of nitrogens with one attached hydrogen (secondary N) is 1. The van der Waals surface area contributed by atoms with Crippen molar-refractivity contribution in [3.05, 3.63) is 53.3 Å². The summed E-state index contributed by atoms with van der Waals surface area (Å²) in [5, 5.41) is 7.43. The lowest BCUT2D eigenvalue weighted by molar-refractivity contribution is -0.133. The van der Waals surface area contributed by atoms with Crippen LogP contribution in [0.5, 0.6) is 0 Å². The molecular formula is C19H25N3OS. The predicted octanol–water partition coefficient (Wildman–Crippen LogP) is 3.57. The molecule has 0 radical (unpaired) electrons. The number of benzene rings is 1. The van der Waals surface area contributed by atoms with Crippen LogP contribution in [0.4, 0.5) is 0 Å². The van der Waals surface area contributed by atoms with Gasteiger partial charge in [0.2, 0.25) is 5.91 Å². The highest BCUT2D eigenvalue weighted by molar-refractivity contribution is 7.98. The van der Waals surface area contributed by atoms with Gasteiger partial charge in [-0.25, -0.2) is 0 Å². The van der Waals surface area contributed by atoms with Crippen molar-refractivity contribution in [2.45, 2.75) is 31.6 Å². The third kappa shape index (κ3) is 3.83. The summed E-state index contributed by atoms with van der Waals surface area (Å²) in [4.78, 5) is 15.2. The predicted molar refractivity (Wildman–Crippen MR) is 99.4 cm³/mol. The Morgan fingerprint density at radius 3 is 2.88 bits per heavy atom. The van der Waals surface area contributed by atoms with Crippen LogP contribution < -0.4 is 0 Å². The Balaban J connectivity index is 1.74. The molecule has 0 bridgehead atoms. The van der Waals surface area contributed by atoms with Crippen molar-refractivity contribution in [1.29, 1.82) is 0 Å². The summed E-state index contributed by atoms with van der Waals surface area (Å²) in [5.41, 5.74) is 3.29. The lowest BCUT2D eigenvalue weighted by atomic mass is 9.92. The molecule has 3 rings (SSSR count). The lowest BCUT2D eigenvalue weighted by Gasteiger charge is -2.34. The number of piperidine rings is 1. The molecule has 1 fully saturated rings. The maximum atomic E-state index is 13.2. The van der Waals surface area contributed by atoms with E-state index in [1.54, 1.807) is 11.8 Å². The van der Waals surface area contributed by atoms with Gasteiger partial charge >= 0.3 is 0 Å². The van der Waals surface area contributed by atoms with Gasteiger partial charge in [-0.2, -0.15) is 16.9 Å². The van der Waals surface area contributed by atoms with Crippen LogP contribution in [0.15, 0.2) is 36.4 Å². The standard InChI is InChI=1S/C19H25N3OS/c1-14-11-18(21-20-14)16-9-6-10-22(12-16)19(23)17(13-24-2)15-7-4-3-5-8-15/h3-5,7-8,11,16-17H,6,9-10,12-13H2,1-2H3,(H,20,21)/t16-,17+/m0/s1. The van der Waals surface area contributed by atoms with E-state index in [-0.39, 0.29) is 11.8 Å². The molecule has 0 spiro atoms. The van der Waals surface area contributed by atoms with Crippen LogP contribution in [-0.2, 0) is 4.79 Å². The van der Waals surface area contributed by atoms with Gasteiger partial charge in [0.1, 0.15) is 0 Å². The highest BCUT2D eigenvalue weighted by Crippen LogP contribution is 2.29. The number of aromatic nitrogens is 2. The molecule has 2 heterocycles. The number of aryl methyl sites for hydroxylation is 1. The summed E-state index contributed by atoms with van der Waals surface area (Å²) < 4.78 is 0. The molecule has 1 aromatic carbocycles. The Bertz CT molecular complexity index is 670. The number of nitrogens with zero attached hydrogens (tertiary/aromatic N) is 2. The Morgan fingerprint density at radius 1 is 1.42 bits per heavy atom. The van der Waals surface area contributed by atoms with E-state index < -0.39 is 0 Å². The van der Waals surface area contributed by atoms with Crippen molar-refractivity contribution in [1.82, 2.24) is 15.1 Å². The van der Waals surface area contributed by atoms with E-state index in [4.69, 9.17) is 0 Å². The third-order valence-electron chi connectivity index (χ3n) is 4.71. The van der Waals surface area contributed by atoms with E-state index in [0.717, 1.165) is 48.6 Å². The summed E-state index contributed by atoms with van der Waals surface area (Å²) in [5.74, 6) is 1.37. The van der Waals surface area contributed by atoms with E-state index in [1.807, 2.05) is 30.0 Å². The molecule has 1 N–H and O–H groups in total. The van der Waals surface area contributed by atoms with Gasteiger partial charge in [-0.05, 0) is 37.7 Å². The van der Waals surface area contributed by atoms with Crippen molar-refractivity contribution in [2.24, 2.45) is 0 Å².